The second-order valence-corrected chi connectivity index (χ2v) is 5.38. The van der Waals surface area contributed by atoms with Gasteiger partial charge in [0, 0.05) is 24.1 Å². The van der Waals surface area contributed by atoms with Gasteiger partial charge in [-0.2, -0.15) is 11.8 Å². The van der Waals surface area contributed by atoms with Gasteiger partial charge in [-0.15, -0.1) is 0 Å². The van der Waals surface area contributed by atoms with Crippen LogP contribution in [0.4, 0.5) is 0 Å². The van der Waals surface area contributed by atoms with E-state index in [1.807, 2.05) is 17.8 Å². The summed E-state index contributed by atoms with van der Waals surface area (Å²) in [7, 11) is 0. The molecule has 1 aliphatic rings. The van der Waals surface area contributed by atoms with Crippen molar-refractivity contribution in [3.05, 3.63) is 23.7 Å². The molecule has 4 heteroatoms. The van der Waals surface area contributed by atoms with E-state index in [9.17, 15) is 4.79 Å². The Kier molecular flexibility index (Phi) is 3.49. The van der Waals surface area contributed by atoms with E-state index in [0.29, 0.717) is 11.0 Å². The standard InChI is InChI=1S/C11H15NO2S/c1-9-6-12(4-5-15-9)7-10-2-3-11(8-13)14-10/h2-3,8-9H,4-7H2,1H3. The minimum Gasteiger partial charge on any atom is -0.457 e. The number of thioether (sulfide) groups is 1. The summed E-state index contributed by atoms with van der Waals surface area (Å²) in [5.74, 6) is 2.49. The van der Waals surface area contributed by atoms with Gasteiger partial charge < -0.3 is 4.42 Å². The van der Waals surface area contributed by atoms with Crippen LogP contribution in [0.25, 0.3) is 0 Å². The van der Waals surface area contributed by atoms with Crippen LogP contribution in [0.3, 0.4) is 0 Å². The fraction of sp³-hybridized carbons (Fsp3) is 0.545. The molecular weight excluding hydrogens is 210 g/mol. The lowest BCUT2D eigenvalue weighted by molar-refractivity contribution is 0.109. The van der Waals surface area contributed by atoms with Crippen LogP contribution in [-0.2, 0) is 6.54 Å². The highest BCUT2D eigenvalue weighted by molar-refractivity contribution is 7.99. The predicted molar refractivity (Wildman–Crippen MR) is 61.3 cm³/mol. The zero-order valence-electron chi connectivity index (χ0n) is 8.81. The van der Waals surface area contributed by atoms with Gasteiger partial charge in [0.15, 0.2) is 12.0 Å². The number of rotatable bonds is 3. The maximum absolute atomic E-state index is 10.5. The monoisotopic (exact) mass is 225 g/mol. The molecule has 3 nitrogen and oxygen atoms in total. The van der Waals surface area contributed by atoms with Gasteiger partial charge in [-0.05, 0) is 12.1 Å². The molecule has 1 aromatic rings. The molecule has 0 bridgehead atoms. The van der Waals surface area contributed by atoms with Gasteiger partial charge in [-0.1, -0.05) is 6.92 Å². The summed E-state index contributed by atoms with van der Waals surface area (Å²) >= 11 is 2.01. The Balaban J connectivity index is 1.92. The Morgan fingerprint density at radius 2 is 2.53 bits per heavy atom. The molecule has 0 radical (unpaired) electrons. The highest BCUT2D eigenvalue weighted by Gasteiger charge is 2.17. The van der Waals surface area contributed by atoms with Crippen LogP contribution in [0.15, 0.2) is 16.5 Å². The quantitative estimate of drug-likeness (QED) is 0.737. The van der Waals surface area contributed by atoms with Crippen molar-refractivity contribution < 1.29 is 9.21 Å². The van der Waals surface area contributed by atoms with Crippen LogP contribution < -0.4 is 0 Å². The molecule has 1 unspecified atom stereocenters. The van der Waals surface area contributed by atoms with Crippen molar-refractivity contribution in [3.63, 3.8) is 0 Å². The van der Waals surface area contributed by atoms with E-state index < -0.39 is 0 Å². The maximum Gasteiger partial charge on any atom is 0.185 e. The van der Waals surface area contributed by atoms with E-state index >= 15 is 0 Å². The van der Waals surface area contributed by atoms with Crippen molar-refractivity contribution in [2.75, 3.05) is 18.8 Å². The lowest BCUT2D eigenvalue weighted by atomic mass is 10.3. The largest absolute Gasteiger partial charge is 0.457 e. The highest BCUT2D eigenvalue weighted by Crippen LogP contribution is 2.19. The molecule has 1 fully saturated rings. The normalized spacial score (nSPS) is 22.9. The fourth-order valence-electron chi connectivity index (χ4n) is 1.80. The first-order chi connectivity index (χ1) is 7.28. The van der Waals surface area contributed by atoms with Crippen molar-refractivity contribution in [2.24, 2.45) is 0 Å². The van der Waals surface area contributed by atoms with Crippen LogP contribution in [0, 0.1) is 0 Å². The highest BCUT2D eigenvalue weighted by atomic mass is 32.2. The Morgan fingerprint density at radius 1 is 1.67 bits per heavy atom. The third-order valence-electron chi connectivity index (χ3n) is 2.50. The fourth-order valence-corrected chi connectivity index (χ4v) is 2.88. The maximum atomic E-state index is 10.5. The molecule has 0 saturated carbocycles. The molecule has 82 valence electrons. The van der Waals surface area contributed by atoms with E-state index in [1.54, 1.807) is 6.07 Å². The van der Waals surface area contributed by atoms with Crippen LogP contribution in [0.5, 0.6) is 0 Å². The third-order valence-corrected chi connectivity index (χ3v) is 3.64. The van der Waals surface area contributed by atoms with Gasteiger partial charge in [0.1, 0.15) is 5.76 Å². The molecule has 1 aliphatic heterocycles. The summed E-state index contributed by atoms with van der Waals surface area (Å²) in [4.78, 5) is 12.8. The number of carbonyl (C=O) groups excluding carboxylic acids is 1. The predicted octanol–water partition coefficient (Wildman–Crippen LogP) is 2.03. The SMILES string of the molecule is CC1CN(Cc2ccc(C=O)o2)CCS1. The lowest BCUT2D eigenvalue weighted by Gasteiger charge is -2.29. The van der Waals surface area contributed by atoms with Crippen molar-refractivity contribution in [2.45, 2.75) is 18.7 Å². The van der Waals surface area contributed by atoms with Gasteiger partial charge >= 0.3 is 0 Å². The van der Waals surface area contributed by atoms with Crippen LogP contribution in [0.1, 0.15) is 23.2 Å². The second kappa shape index (κ2) is 4.86. The Labute approximate surface area is 93.8 Å². The minimum atomic E-state index is 0.421. The third kappa shape index (κ3) is 2.86. The van der Waals surface area contributed by atoms with Gasteiger partial charge in [-0.25, -0.2) is 0 Å². The summed E-state index contributed by atoms with van der Waals surface area (Å²) in [6.07, 6.45) is 0.748. The van der Waals surface area contributed by atoms with Gasteiger partial charge in [0.25, 0.3) is 0 Å². The average molecular weight is 225 g/mol. The zero-order valence-corrected chi connectivity index (χ0v) is 9.63. The number of carbonyl (C=O) groups is 1. The van der Waals surface area contributed by atoms with E-state index in [1.165, 1.54) is 5.75 Å². The smallest absolute Gasteiger partial charge is 0.185 e. The topological polar surface area (TPSA) is 33.5 Å². The first kappa shape index (κ1) is 10.8. The van der Waals surface area contributed by atoms with Gasteiger partial charge in [0.2, 0.25) is 0 Å². The number of hydrogen-bond acceptors (Lipinski definition) is 4. The first-order valence-electron chi connectivity index (χ1n) is 5.16. The lowest BCUT2D eigenvalue weighted by Crippen LogP contribution is -2.35. The van der Waals surface area contributed by atoms with E-state index in [-0.39, 0.29) is 0 Å². The van der Waals surface area contributed by atoms with Gasteiger partial charge in [-0.3, -0.25) is 9.69 Å². The minimum absolute atomic E-state index is 0.421. The Hall–Kier alpha value is -0.740. The number of nitrogens with zero attached hydrogens (tertiary/aromatic N) is 1. The molecule has 0 amide bonds. The summed E-state index contributed by atoms with van der Waals surface area (Å²) in [5.41, 5.74) is 0. The molecule has 0 aliphatic carbocycles. The molecule has 15 heavy (non-hydrogen) atoms. The van der Waals surface area contributed by atoms with Crippen LogP contribution in [-0.4, -0.2) is 35.3 Å². The van der Waals surface area contributed by atoms with E-state index in [4.69, 9.17) is 4.42 Å². The van der Waals surface area contributed by atoms with Crippen molar-refractivity contribution >= 4 is 18.0 Å². The Morgan fingerprint density at radius 3 is 3.20 bits per heavy atom. The van der Waals surface area contributed by atoms with Crippen molar-refractivity contribution in [1.29, 1.82) is 0 Å². The van der Waals surface area contributed by atoms with E-state index in [2.05, 4.69) is 11.8 Å². The summed E-state index contributed by atoms with van der Waals surface area (Å²) < 4.78 is 5.35. The average Bonchev–Trinajstić information content (AvgIpc) is 2.65. The van der Waals surface area contributed by atoms with Gasteiger partial charge in [0.05, 0.1) is 6.54 Å². The second-order valence-electron chi connectivity index (χ2n) is 3.84. The summed E-state index contributed by atoms with van der Waals surface area (Å²) in [5, 5.41) is 0.694. The zero-order chi connectivity index (χ0) is 10.7. The molecule has 0 aromatic carbocycles. The van der Waals surface area contributed by atoms with Crippen molar-refractivity contribution in [1.82, 2.24) is 4.90 Å². The van der Waals surface area contributed by atoms with Crippen molar-refractivity contribution in [3.8, 4) is 0 Å². The summed E-state index contributed by atoms with van der Waals surface area (Å²) in [6.45, 7) is 5.27. The molecule has 1 atom stereocenters. The number of aldehydes is 1. The Bertz CT molecular complexity index is 337. The molecule has 0 N–H and O–H groups in total. The molecule has 0 spiro atoms. The van der Waals surface area contributed by atoms with Crippen LogP contribution in [0.2, 0.25) is 0 Å². The first-order valence-corrected chi connectivity index (χ1v) is 6.20. The summed E-state index contributed by atoms with van der Waals surface area (Å²) in [6, 6.07) is 3.61. The number of hydrogen-bond donors (Lipinski definition) is 0. The van der Waals surface area contributed by atoms with Crippen LogP contribution >= 0.6 is 11.8 Å². The molecule has 2 heterocycles. The molecule has 1 saturated heterocycles. The van der Waals surface area contributed by atoms with E-state index in [0.717, 1.165) is 31.7 Å². The molecular formula is C11H15NO2S. The molecule has 1 aromatic heterocycles. The molecule has 2 rings (SSSR count). The number of furan rings is 1.